The van der Waals surface area contributed by atoms with Crippen LogP contribution in [-0.2, 0) is 0 Å². The summed E-state index contributed by atoms with van der Waals surface area (Å²) in [5.41, 5.74) is 11.0. The van der Waals surface area contributed by atoms with Crippen LogP contribution >= 0.6 is 0 Å². The molecule has 13 aromatic carbocycles. The molecule has 0 unspecified atom stereocenters. The van der Waals surface area contributed by atoms with Crippen molar-refractivity contribution in [1.29, 1.82) is 10.5 Å². The van der Waals surface area contributed by atoms with E-state index in [1.165, 1.54) is 0 Å². The molecule has 0 saturated heterocycles. The minimum absolute atomic E-state index is 0.505. The summed E-state index contributed by atoms with van der Waals surface area (Å²) < 4.78 is 0. The Kier molecular flexibility index (Phi) is 11.6. The molecule has 0 N–H and O–H groups in total. The van der Waals surface area contributed by atoms with Gasteiger partial charge in [0.05, 0.1) is 33.9 Å². The van der Waals surface area contributed by atoms with E-state index in [-0.39, 0.29) is 0 Å². The molecule has 76 heavy (non-hydrogen) atoms. The Labute approximate surface area is 441 Å². The molecule has 354 valence electrons. The second-order valence-corrected chi connectivity index (χ2v) is 19.0. The standard InChI is InChI=1S/C72H46N4/c73-47-67-64-44-42-58(76(70-32-16-26-52-22-8-12-28-60(52)70)72-56(36-34-50-19-5-2-6-20-50)40-38-54-24-10-14-30-62(54)72)46-66(64)68(48-74)63-43-41-57(45-65(63)67)75(69-31-15-25-51-21-7-11-27-59(51)69)71-55(35-33-49-17-3-1-4-18-49)39-37-53-23-9-13-29-61(53)71/h1-46H. The third-order valence-electron chi connectivity index (χ3n) is 14.7. The number of nitriles is 2. The first-order chi connectivity index (χ1) is 37.6. The number of anilines is 6. The van der Waals surface area contributed by atoms with Crippen LogP contribution in [0, 0.1) is 22.7 Å². The number of hydrogen-bond acceptors (Lipinski definition) is 4. The van der Waals surface area contributed by atoms with Crippen LogP contribution in [0.15, 0.2) is 255 Å². The van der Waals surface area contributed by atoms with Gasteiger partial charge in [-0.1, -0.05) is 243 Å². The first-order valence-corrected chi connectivity index (χ1v) is 25.5. The van der Waals surface area contributed by atoms with Gasteiger partial charge in [0.2, 0.25) is 0 Å². The van der Waals surface area contributed by atoms with Crippen molar-refractivity contribution in [3.8, 4) is 12.1 Å². The smallest absolute Gasteiger partial charge is 0.100 e. The van der Waals surface area contributed by atoms with Crippen LogP contribution in [0.5, 0.6) is 0 Å². The van der Waals surface area contributed by atoms with Crippen LogP contribution in [0.25, 0.3) is 88.9 Å². The van der Waals surface area contributed by atoms with Gasteiger partial charge in [0.1, 0.15) is 12.1 Å². The molecule has 13 aromatic rings. The lowest BCUT2D eigenvalue weighted by Gasteiger charge is -2.30. The predicted octanol–water partition coefficient (Wildman–Crippen LogP) is 19.6. The number of fused-ring (bicyclic) bond motifs is 6. The van der Waals surface area contributed by atoms with Gasteiger partial charge in [0, 0.05) is 54.5 Å². The third-order valence-corrected chi connectivity index (χ3v) is 14.7. The average Bonchev–Trinajstić information content (AvgIpc) is 3.50. The Morgan fingerprint density at radius 1 is 0.276 bits per heavy atom. The fourth-order valence-corrected chi connectivity index (χ4v) is 11.1. The van der Waals surface area contributed by atoms with Crippen LogP contribution in [0.2, 0.25) is 0 Å². The zero-order valence-corrected chi connectivity index (χ0v) is 41.3. The SMILES string of the molecule is N#Cc1c2ccc(N(c3cccc4ccccc34)c3c(C=Cc4ccccc4)ccc4ccccc34)cc2c(C#N)c2ccc(N(c3cccc4ccccc34)c3c(C=Cc4ccccc4)ccc4ccccc34)cc12. The van der Waals surface area contributed by atoms with Crippen molar-refractivity contribution in [3.63, 3.8) is 0 Å². The molecule has 0 atom stereocenters. The second-order valence-electron chi connectivity index (χ2n) is 19.0. The molecule has 0 fully saturated rings. The van der Waals surface area contributed by atoms with Crippen molar-refractivity contribution < 1.29 is 0 Å². The monoisotopic (exact) mass is 966 g/mol. The lowest BCUT2D eigenvalue weighted by molar-refractivity contribution is 1.31. The first kappa shape index (κ1) is 45.4. The van der Waals surface area contributed by atoms with Gasteiger partial charge in [-0.2, -0.15) is 10.5 Å². The molecule has 0 aliphatic carbocycles. The maximum atomic E-state index is 11.5. The van der Waals surface area contributed by atoms with Crippen molar-refractivity contribution in [2.24, 2.45) is 0 Å². The van der Waals surface area contributed by atoms with E-state index < -0.39 is 0 Å². The molecule has 0 radical (unpaired) electrons. The molecule has 0 spiro atoms. The quantitative estimate of drug-likeness (QED) is 0.101. The highest BCUT2D eigenvalue weighted by Gasteiger charge is 2.25. The maximum Gasteiger partial charge on any atom is 0.100 e. The molecular weight excluding hydrogens is 921 g/mol. The normalized spacial score (nSPS) is 11.6. The number of benzene rings is 13. The van der Waals surface area contributed by atoms with E-state index in [1.54, 1.807) is 0 Å². The fraction of sp³-hybridized carbons (Fsp3) is 0. The Morgan fingerprint density at radius 2 is 0.632 bits per heavy atom. The Hall–Kier alpha value is -10.5. The first-order valence-electron chi connectivity index (χ1n) is 25.5. The van der Waals surface area contributed by atoms with E-state index in [1.807, 2.05) is 24.3 Å². The van der Waals surface area contributed by atoms with Crippen LogP contribution in [0.4, 0.5) is 34.1 Å². The minimum atomic E-state index is 0.505. The van der Waals surface area contributed by atoms with E-state index in [4.69, 9.17) is 0 Å². The molecule has 0 saturated carbocycles. The fourth-order valence-electron chi connectivity index (χ4n) is 11.1. The number of nitrogens with zero attached hydrogens (tertiary/aromatic N) is 4. The van der Waals surface area contributed by atoms with Gasteiger partial charge in [0.15, 0.2) is 0 Å². The third kappa shape index (κ3) is 8.05. The Morgan fingerprint density at radius 3 is 1.04 bits per heavy atom. The van der Waals surface area contributed by atoms with E-state index in [0.29, 0.717) is 32.7 Å². The van der Waals surface area contributed by atoms with Gasteiger partial charge >= 0.3 is 0 Å². The summed E-state index contributed by atoms with van der Waals surface area (Å²) in [5, 5.41) is 34.5. The van der Waals surface area contributed by atoms with Crippen molar-refractivity contribution in [1.82, 2.24) is 0 Å². The summed E-state index contributed by atoms with van der Waals surface area (Å²) in [6, 6.07) is 94.1. The lowest BCUT2D eigenvalue weighted by atomic mass is 9.91. The summed E-state index contributed by atoms with van der Waals surface area (Å²) in [7, 11) is 0. The van der Waals surface area contributed by atoms with E-state index in [0.717, 1.165) is 99.5 Å². The van der Waals surface area contributed by atoms with Crippen LogP contribution in [0.1, 0.15) is 33.4 Å². The summed E-state index contributed by atoms with van der Waals surface area (Å²) in [5.74, 6) is 0. The highest BCUT2D eigenvalue weighted by Crippen LogP contribution is 2.49. The summed E-state index contributed by atoms with van der Waals surface area (Å²) in [6.07, 6.45) is 8.70. The van der Waals surface area contributed by atoms with E-state index in [9.17, 15) is 10.5 Å². The molecule has 0 bridgehead atoms. The lowest BCUT2D eigenvalue weighted by Crippen LogP contribution is -2.13. The molecule has 0 amide bonds. The second kappa shape index (κ2) is 19.5. The van der Waals surface area contributed by atoms with Crippen molar-refractivity contribution in [2.45, 2.75) is 0 Å². The highest BCUT2D eigenvalue weighted by molar-refractivity contribution is 6.15. The molecule has 0 heterocycles. The topological polar surface area (TPSA) is 54.1 Å². The van der Waals surface area contributed by atoms with Crippen molar-refractivity contribution >= 4 is 123 Å². The molecule has 0 aromatic heterocycles. The van der Waals surface area contributed by atoms with Gasteiger partial charge in [-0.05, 0) is 80.2 Å². The van der Waals surface area contributed by atoms with E-state index in [2.05, 4.69) is 277 Å². The largest absolute Gasteiger partial charge is 0.309 e. The Bertz CT molecular complexity index is 4260. The maximum absolute atomic E-state index is 11.5. The molecule has 0 aliphatic rings. The molecule has 0 aliphatic heterocycles. The molecule has 4 heteroatoms. The van der Waals surface area contributed by atoms with Gasteiger partial charge in [-0.25, -0.2) is 0 Å². The van der Waals surface area contributed by atoms with Gasteiger partial charge in [-0.3, -0.25) is 0 Å². The predicted molar refractivity (Wildman–Crippen MR) is 321 cm³/mol. The number of rotatable bonds is 10. The van der Waals surface area contributed by atoms with Crippen LogP contribution in [-0.4, -0.2) is 0 Å². The van der Waals surface area contributed by atoms with Gasteiger partial charge < -0.3 is 9.80 Å². The minimum Gasteiger partial charge on any atom is -0.309 e. The van der Waals surface area contributed by atoms with Crippen molar-refractivity contribution in [3.05, 3.63) is 288 Å². The Balaban J connectivity index is 1.06. The number of hydrogen-bond donors (Lipinski definition) is 0. The van der Waals surface area contributed by atoms with Crippen LogP contribution < -0.4 is 9.80 Å². The highest BCUT2D eigenvalue weighted by atomic mass is 15.2. The van der Waals surface area contributed by atoms with Crippen LogP contribution in [0.3, 0.4) is 0 Å². The summed E-state index contributed by atoms with van der Waals surface area (Å²) in [6.45, 7) is 0. The van der Waals surface area contributed by atoms with Gasteiger partial charge in [-0.15, -0.1) is 0 Å². The molecule has 4 nitrogen and oxygen atoms in total. The average molecular weight is 967 g/mol. The zero-order chi connectivity index (χ0) is 51.0. The molecule has 13 rings (SSSR count). The van der Waals surface area contributed by atoms with E-state index >= 15 is 0 Å². The van der Waals surface area contributed by atoms with Gasteiger partial charge in [0.25, 0.3) is 0 Å². The summed E-state index contributed by atoms with van der Waals surface area (Å²) >= 11 is 0. The van der Waals surface area contributed by atoms with Crippen molar-refractivity contribution in [2.75, 3.05) is 9.80 Å². The zero-order valence-electron chi connectivity index (χ0n) is 41.3. The molecular formula is C72H46N4. The summed E-state index contributed by atoms with van der Waals surface area (Å²) in [4.78, 5) is 4.68.